The first-order valence-corrected chi connectivity index (χ1v) is 11.5. The monoisotopic (exact) mass is 474 g/mol. The molecule has 0 spiro atoms. The van der Waals surface area contributed by atoms with Gasteiger partial charge >= 0.3 is 23.9 Å². The molecule has 34 heavy (non-hydrogen) atoms. The molecule has 2 aliphatic carbocycles. The van der Waals surface area contributed by atoms with Gasteiger partial charge in [-0.3, -0.25) is 9.59 Å². The zero-order valence-corrected chi connectivity index (χ0v) is 19.0. The van der Waals surface area contributed by atoms with Crippen LogP contribution in [0.25, 0.3) is 0 Å². The molecule has 9 nitrogen and oxygen atoms in total. The normalized spacial score (nSPS) is 24.5. The van der Waals surface area contributed by atoms with Crippen molar-refractivity contribution in [1.29, 1.82) is 0 Å². The molecule has 1 aromatic rings. The molecule has 0 bridgehead atoms. The second-order valence-electron chi connectivity index (χ2n) is 8.59. The minimum absolute atomic E-state index is 0.0549. The zero-order chi connectivity index (χ0) is 24.5. The van der Waals surface area contributed by atoms with Gasteiger partial charge < -0.3 is 24.1 Å². The number of carboxylic acid groups (broad SMARTS) is 1. The van der Waals surface area contributed by atoms with Crippen LogP contribution in [0.1, 0.15) is 61.7 Å². The quantitative estimate of drug-likeness (QED) is 0.247. The van der Waals surface area contributed by atoms with E-state index >= 15 is 0 Å². The number of carbonyl (C=O) groups is 4. The summed E-state index contributed by atoms with van der Waals surface area (Å²) >= 11 is 0. The molecule has 184 valence electrons. The van der Waals surface area contributed by atoms with Crippen LogP contribution in [0.4, 0.5) is 0 Å². The Hall–Kier alpha value is -3.20. The fraction of sp³-hybridized carbons (Fsp3) is 0.520. The number of hydrogen-bond donors (Lipinski definition) is 1. The lowest BCUT2D eigenvalue weighted by Crippen LogP contribution is -2.29. The Morgan fingerprint density at radius 2 is 1.47 bits per heavy atom. The molecule has 0 aromatic heterocycles. The molecule has 3 rings (SSSR count). The van der Waals surface area contributed by atoms with E-state index < -0.39 is 17.9 Å². The molecule has 2 saturated carbocycles. The van der Waals surface area contributed by atoms with Crippen molar-refractivity contribution in [3.8, 4) is 5.75 Å². The number of hydrogen-bond acceptors (Lipinski definition) is 8. The van der Waals surface area contributed by atoms with Crippen molar-refractivity contribution in [1.82, 2.24) is 0 Å². The lowest BCUT2D eigenvalue weighted by molar-refractivity contribution is -0.157. The molecule has 9 heteroatoms. The van der Waals surface area contributed by atoms with Crippen LogP contribution in [0, 0.1) is 11.8 Å². The zero-order valence-electron chi connectivity index (χ0n) is 19.0. The molecule has 0 unspecified atom stereocenters. The van der Waals surface area contributed by atoms with Crippen LogP contribution in [0.15, 0.2) is 36.9 Å². The standard InChI is InChI=1S/C25H30O9/c1-2-22(26)32-15-31-19-11-13-21(14-12-19)34-25(30)18-7-9-20(10-8-18)33-24(29)17-5-3-16(4-6-17)23(27)28/h2,7-10,16-17,19,21H,1,3-6,11-15H2,(H,27,28). The number of carboxylic acids is 1. The van der Waals surface area contributed by atoms with Gasteiger partial charge in [-0.05, 0) is 75.6 Å². The maximum Gasteiger partial charge on any atom is 0.338 e. The van der Waals surface area contributed by atoms with Gasteiger partial charge in [-0.15, -0.1) is 0 Å². The van der Waals surface area contributed by atoms with E-state index in [1.165, 1.54) is 0 Å². The van der Waals surface area contributed by atoms with Crippen LogP contribution >= 0.6 is 0 Å². The van der Waals surface area contributed by atoms with E-state index in [4.69, 9.17) is 24.1 Å². The van der Waals surface area contributed by atoms with E-state index in [0.717, 1.165) is 6.08 Å². The number of rotatable bonds is 9. The molecule has 0 heterocycles. The van der Waals surface area contributed by atoms with Gasteiger partial charge in [0.1, 0.15) is 11.9 Å². The summed E-state index contributed by atoms with van der Waals surface area (Å²) in [6.07, 6.45) is 5.39. The highest BCUT2D eigenvalue weighted by molar-refractivity contribution is 5.89. The van der Waals surface area contributed by atoms with Crippen LogP contribution in [0.5, 0.6) is 5.75 Å². The molecule has 2 aliphatic rings. The van der Waals surface area contributed by atoms with E-state index in [-0.39, 0.29) is 36.8 Å². The molecule has 1 aromatic carbocycles. The topological polar surface area (TPSA) is 125 Å². The Kier molecular flexibility index (Phi) is 9.21. The summed E-state index contributed by atoms with van der Waals surface area (Å²) in [5.41, 5.74) is 0.358. The van der Waals surface area contributed by atoms with Crippen LogP contribution < -0.4 is 4.74 Å². The van der Waals surface area contributed by atoms with Crippen molar-refractivity contribution in [3.05, 3.63) is 42.5 Å². The molecule has 0 aliphatic heterocycles. The Labute approximate surface area is 198 Å². The van der Waals surface area contributed by atoms with Crippen LogP contribution in [-0.2, 0) is 28.6 Å². The van der Waals surface area contributed by atoms with Gasteiger partial charge in [0.15, 0.2) is 6.79 Å². The Balaban J connectivity index is 1.39. The van der Waals surface area contributed by atoms with Crippen LogP contribution in [0.3, 0.4) is 0 Å². The number of carbonyl (C=O) groups excluding carboxylic acids is 3. The Morgan fingerprint density at radius 1 is 0.882 bits per heavy atom. The molecule has 0 saturated heterocycles. The van der Waals surface area contributed by atoms with Crippen molar-refractivity contribution in [3.63, 3.8) is 0 Å². The van der Waals surface area contributed by atoms with Crippen LogP contribution in [-0.4, -0.2) is 48.0 Å². The third kappa shape index (κ3) is 7.41. The lowest BCUT2D eigenvalue weighted by Gasteiger charge is -2.28. The van der Waals surface area contributed by atoms with Gasteiger partial charge in [0.05, 0.1) is 23.5 Å². The molecule has 1 N–H and O–H groups in total. The molecule has 0 amide bonds. The van der Waals surface area contributed by atoms with Gasteiger partial charge in [0.2, 0.25) is 0 Å². The summed E-state index contributed by atoms with van der Waals surface area (Å²) in [5, 5.41) is 9.06. The number of esters is 3. The van der Waals surface area contributed by atoms with Gasteiger partial charge in [-0.25, -0.2) is 9.59 Å². The largest absolute Gasteiger partial charge is 0.481 e. The first-order valence-electron chi connectivity index (χ1n) is 11.5. The minimum atomic E-state index is -0.817. The molecular formula is C25H30O9. The highest BCUT2D eigenvalue weighted by Gasteiger charge is 2.31. The third-order valence-electron chi connectivity index (χ3n) is 6.28. The summed E-state index contributed by atoms with van der Waals surface area (Å²) in [4.78, 5) is 46.9. The first kappa shape index (κ1) is 25.4. The van der Waals surface area contributed by atoms with Gasteiger partial charge in [-0.1, -0.05) is 6.58 Å². The molecular weight excluding hydrogens is 444 g/mol. The Bertz CT molecular complexity index is 876. The smallest absolute Gasteiger partial charge is 0.338 e. The van der Waals surface area contributed by atoms with Gasteiger partial charge in [0, 0.05) is 6.08 Å². The Morgan fingerprint density at radius 3 is 2.06 bits per heavy atom. The summed E-state index contributed by atoms with van der Waals surface area (Å²) in [7, 11) is 0. The lowest BCUT2D eigenvalue weighted by atomic mass is 9.82. The molecule has 0 atom stereocenters. The predicted octanol–water partition coefficient (Wildman–Crippen LogP) is 3.65. The fourth-order valence-electron chi connectivity index (χ4n) is 4.22. The number of benzene rings is 1. The van der Waals surface area contributed by atoms with Crippen molar-refractivity contribution < 1.29 is 43.2 Å². The third-order valence-corrected chi connectivity index (χ3v) is 6.28. The van der Waals surface area contributed by atoms with E-state index in [1.807, 2.05) is 0 Å². The van der Waals surface area contributed by atoms with Gasteiger partial charge in [0.25, 0.3) is 0 Å². The summed E-state index contributed by atoms with van der Waals surface area (Å²) in [6.45, 7) is 3.19. The highest BCUT2D eigenvalue weighted by Crippen LogP contribution is 2.30. The summed E-state index contributed by atoms with van der Waals surface area (Å²) < 4.78 is 21.3. The van der Waals surface area contributed by atoms with Gasteiger partial charge in [-0.2, -0.15) is 0 Å². The molecule has 2 fully saturated rings. The SMILES string of the molecule is C=CC(=O)OCOC1CCC(OC(=O)c2ccc(OC(=O)C3CCC(C(=O)O)CC3)cc2)CC1. The first-order chi connectivity index (χ1) is 16.4. The average Bonchev–Trinajstić information content (AvgIpc) is 2.85. The number of aliphatic carboxylic acids is 1. The minimum Gasteiger partial charge on any atom is -0.481 e. The predicted molar refractivity (Wildman–Crippen MR) is 119 cm³/mol. The summed E-state index contributed by atoms with van der Waals surface area (Å²) in [5.74, 6) is -2.55. The van der Waals surface area contributed by atoms with E-state index in [9.17, 15) is 19.2 Å². The summed E-state index contributed by atoms with van der Waals surface area (Å²) in [6, 6.07) is 6.20. The highest BCUT2D eigenvalue weighted by atomic mass is 16.7. The maximum absolute atomic E-state index is 12.5. The van der Waals surface area contributed by atoms with Crippen molar-refractivity contribution in [2.75, 3.05) is 6.79 Å². The average molecular weight is 475 g/mol. The van der Waals surface area contributed by atoms with E-state index in [1.54, 1.807) is 24.3 Å². The number of ether oxygens (including phenoxy) is 4. The van der Waals surface area contributed by atoms with Crippen molar-refractivity contribution in [2.24, 2.45) is 11.8 Å². The van der Waals surface area contributed by atoms with Crippen molar-refractivity contribution >= 4 is 23.9 Å². The second kappa shape index (κ2) is 12.3. The van der Waals surface area contributed by atoms with Crippen molar-refractivity contribution in [2.45, 2.75) is 63.6 Å². The van der Waals surface area contributed by atoms with E-state index in [2.05, 4.69) is 6.58 Å². The maximum atomic E-state index is 12.5. The van der Waals surface area contributed by atoms with Crippen LogP contribution in [0.2, 0.25) is 0 Å². The fourth-order valence-corrected chi connectivity index (χ4v) is 4.22. The molecule has 0 radical (unpaired) electrons. The van der Waals surface area contributed by atoms with E-state index in [0.29, 0.717) is 62.7 Å². The second-order valence-corrected chi connectivity index (χ2v) is 8.59.